The third-order valence-electron chi connectivity index (χ3n) is 4.75. The minimum atomic E-state index is -0.323. The van der Waals surface area contributed by atoms with Crippen LogP contribution in [0.25, 0.3) is 0 Å². The highest BCUT2D eigenvalue weighted by atomic mass is 35.5. The third kappa shape index (κ3) is 5.95. The van der Waals surface area contributed by atoms with Gasteiger partial charge in [0.05, 0.1) is 16.6 Å². The van der Waals surface area contributed by atoms with Crippen molar-refractivity contribution in [2.24, 2.45) is 5.92 Å². The molecule has 0 aliphatic carbocycles. The molecule has 0 aliphatic heterocycles. The van der Waals surface area contributed by atoms with Gasteiger partial charge in [-0.25, -0.2) is 0 Å². The monoisotopic (exact) mass is 496 g/mol. The van der Waals surface area contributed by atoms with Gasteiger partial charge >= 0.3 is 0 Å². The summed E-state index contributed by atoms with van der Waals surface area (Å²) in [5.41, 5.74) is 1.52. The van der Waals surface area contributed by atoms with Crippen LogP contribution in [0.4, 0.5) is 0 Å². The van der Waals surface area contributed by atoms with Crippen LogP contribution in [0, 0.1) is 5.92 Å². The molecule has 0 unspecified atom stereocenters. The van der Waals surface area contributed by atoms with Gasteiger partial charge in [-0.15, -0.1) is 10.2 Å². The number of carbonyl (C=O) groups is 1. The van der Waals surface area contributed by atoms with E-state index < -0.39 is 0 Å². The summed E-state index contributed by atoms with van der Waals surface area (Å²) in [5.74, 6) is 1.28. The molecule has 0 fully saturated rings. The first-order chi connectivity index (χ1) is 14.8. The summed E-state index contributed by atoms with van der Waals surface area (Å²) in [7, 11) is 0. The van der Waals surface area contributed by atoms with Gasteiger partial charge in [0.1, 0.15) is 0 Å². The number of amides is 1. The molecule has 0 bridgehead atoms. The Hall–Kier alpha value is -1.73. The number of halogens is 3. The maximum Gasteiger partial charge on any atom is 0.253 e. The fourth-order valence-corrected chi connectivity index (χ4v) is 4.67. The minimum Gasteiger partial charge on any atom is -0.342 e. The molecule has 1 amide bonds. The predicted molar refractivity (Wildman–Crippen MR) is 128 cm³/mol. The van der Waals surface area contributed by atoms with Gasteiger partial charge in [-0.2, -0.15) is 0 Å². The molecular formula is C22H23Cl3N4OS. The van der Waals surface area contributed by atoms with E-state index in [2.05, 4.69) is 15.5 Å². The van der Waals surface area contributed by atoms with Gasteiger partial charge in [-0.1, -0.05) is 72.5 Å². The van der Waals surface area contributed by atoms with E-state index in [1.165, 1.54) is 0 Å². The fraction of sp³-hybridized carbons (Fsp3) is 0.318. The summed E-state index contributed by atoms with van der Waals surface area (Å²) in [6, 6.07) is 12.2. The standard InChI is InChI=1S/C22H23Cl3N4OS/c1-4-29-20(27-28-22(29)31-12-14-5-7-15(23)8-6-14)19(13(2)3)26-21(30)17-10-9-16(24)11-18(17)25/h5-11,13,19H,4,12H2,1-3H3,(H,26,30)/t19-/m0/s1. The molecule has 0 spiro atoms. The molecule has 1 heterocycles. The predicted octanol–water partition coefficient (Wildman–Crippen LogP) is 6.68. The van der Waals surface area contributed by atoms with Crippen LogP contribution in [-0.2, 0) is 12.3 Å². The molecule has 1 N–H and O–H groups in total. The Morgan fingerprint density at radius 2 is 1.74 bits per heavy atom. The molecule has 1 atom stereocenters. The Labute approximate surface area is 201 Å². The van der Waals surface area contributed by atoms with E-state index >= 15 is 0 Å². The number of carbonyl (C=O) groups excluding carboxylic acids is 1. The van der Waals surface area contributed by atoms with Crippen molar-refractivity contribution in [3.63, 3.8) is 0 Å². The molecule has 31 heavy (non-hydrogen) atoms. The summed E-state index contributed by atoms with van der Waals surface area (Å²) in [6.07, 6.45) is 0. The highest BCUT2D eigenvalue weighted by molar-refractivity contribution is 7.98. The zero-order valence-corrected chi connectivity index (χ0v) is 20.5. The van der Waals surface area contributed by atoms with Gasteiger partial charge in [0.25, 0.3) is 5.91 Å². The van der Waals surface area contributed by atoms with Crippen LogP contribution in [0.1, 0.15) is 48.6 Å². The number of hydrogen-bond acceptors (Lipinski definition) is 4. The summed E-state index contributed by atoms with van der Waals surface area (Å²) >= 11 is 19.7. The topological polar surface area (TPSA) is 59.8 Å². The summed E-state index contributed by atoms with van der Waals surface area (Å²) in [6.45, 7) is 6.79. The zero-order valence-electron chi connectivity index (χ0n) is 17.4. The molecule has 1 aromatic heterocycles. The van der Waals surface area contributed by atoms with Crippen molar-refractivity contribution in [1.82, 2.24) is 20.1 Å². The summed E-state index contributed by atoms with van der Waals surface area (Å²) in [4.78, 5) is 12.9. The number of nitrogens with one attached hydrogen (secondary N) is 1. The van der Waals surface area contributed by atoms with E-state index in [1.54, 1.807) is 30.0 Å². The number of hydrogen-bond donors (Lipinski definition) is 1. The van der Waals surface area contributed by atoms with Crippen molar-refractivity contribution in [2.75, 3.05) is 0 Å². The first-order valence-electron chi connectivity index (χ1n) is 9.86. The quantitative estimate of drug-likeness (QED) is 0.353. The van der Waals surface area contributed by atoms with Crippen LogP contribution in [0.3, 0.4) is 0 Å². The van der Waals surface area contributed by atoms with E-state index in [1.807, 2.05) is 49.6 Å². The lowest BCUT2D eigenvalue weighted by Gasteiger charge is -2.23. The molecule has 0 saturated carbocycles. The van der Waals surface area contributed by atoms with Crippen LogP contribution >= 0.6 is 46.6 Å². The number of rotatable bonds is 8. The Morgan fingerprint density at radius 1 is 1.06 bits per heavy atom. The molecule has 3 rings (SSSR count). The minimum absolute atomic E-state index is 0.0960. The van der Waals surface area contributed by atoms with Gasteiger partial charge < -0.3 is 9.88 Å². The van der Waals surface area contributed by atoms with E-state index in [0.717, 1.165) is 22.3 Å². The number of aromatic nitrogens is 3. The molecule has 3 aromatic rings. The largest absolute Gasteiger partial charge is 0.342 e. The average Bonchev–Trinajstić information content (AvgIpc) is 3.13. The lowest BCUT2D eigenvalue weighted by atomic mass is 10.0. The van der Waals surface area contributed by atoms with Crippen molar-refractivity contribution in [2.45, 2.75) is 44.3 Å². The molecule has 9 heteroatoms. The van der Waals surface area contributed by atoms with Crippen molar-refractivity contribution >= 4 is 52.5 Å². The van der Waals surface area contributed by atoms with Gasteiger partial charge in [0.2, 0.25) is 0 Å². The molecule has 2 aromatic carbocycles. The maximum atomic E-state index is 12.9. The summed E-state index contributed by atoms with van der Waals surface area (Å²) < 4.78 is 2.04. The smallest absolute Gasteiger partial charge is 0.253 e. The first-order valence-corrected chi connectivity index (χ1v) is 12.0. The SMILES string of the molecule is CCn1c(SCc2ccc(Cl)cc2)nnc1[C@@H](NC(=O)c1ccc(Cl)cc1Cl)C(C)C. The fourth-order valence-electron chi connectivity index (χ4n) is 3.08. The van der Waals surface area contributed by atoms with Crippen LogP contribution in [0.15, 0.2) is 47.6 Å². The lowest BCUT2D eigenvalue weighted by Crippen LogP contribution is -2.34. The van der Waals surface area contributed by atoms with Gasteiger partial charge in [0, 0.05) is 22.3 Å². The highest BCUT2D eigenvalue weighted by Gasteiger charge is 2.26. The second-order valence-electron chi connectivity index (χ2n) is 7.32. The Bertz CT molecular complexity index is 1050. The van der Waals surface area contributed by atoms with E-state index in [0.29, 0.717) is 27.2 Å². The normalized spacial score (nSPS) is 12.2. The van der Waals surface area contributed by atoms with E-state index in [-0.39, 0.29) is 17.9 Å². The molecule has 0 radical (unpaired) electrons. The zero-order chi connectivity index (χ0) is 22.5. The van der Waals surface area contributed by atoms with E-state index in [4.69, 9.17) is 34.8 Å². The van der Waals surface area contributed by atoms with Gasteiger partial charge in [0.15, 0.2) is 11.0 Å². The Balaban J connectivity index is 1.80. The molecule has 0 aliphatic rings. The van der Waals surface area contributed by atoms with Crippen LogP contribution < -0.4 is 5.32 Å². The van der Waals surface area contributed by atoms with Crippen molar-refractivity contribution in [1.29, 1.82) is 0 Å². The van der Waals surface area contributed by atoms with E-state index in [9.17, 15) is 4.79 Å². The number of nitrogens with zero attached hydrogens (tertiary/aromatic N) is 3. The summed E-state index contributed by atoms with van der Waals surface area (Å²) in [5, 5.41) is 14.2. The lowest BCUT2D eigenvalue weighted by molar-refractivity contribution is 0.0922. The molecule has 0 saturated heterocycles. The molecular weight excluding hydrogens is 475 g/mol. The van der Waals surface area contributed by atoms with Crippen LogP contribution in [0.2, 0.25) is 15.1 Å². The number of benzene rings is 2. The van der Waals surface area contributed by atoms with Gasteiger partial charge in [-0.05, 0) is 48.7 Å². The Morgan fingerprint density at radius 3 is 2.35 bits per heavy atom. The third-order valence-corrected chi connectivity index (χ3v) is 6.59. The van der Waals surface area contributed by atoms with Crippen LogP contribution in [0.5, 0.6) is 0 Å². The second-order valence-corrected chi connectivity index (χ2v) is 9.54. The van der Waals surface area contributed by atoms with Crippen molar-refractivity contribution in [3.8, 4) is 0 Å². The maximum absolute atomic E-state index is 12.9. The van der Waals surface area contributed by atoms with Crippen molar-refractivity contribution in [3.05, 3.63) is 74.5 Å². The molecule has 164 valence electrons. The number of thioether (sulfide) groups is 1. The first kappa shape index (κ1) is 23.9. The van der Waals surface area contributed by atoms with Crippen molar-refractivity contribution < 1.29 is 4.79 Å². The Kier molecular flexibility index (Phi) is 8.28. The average molecular weight is 498 g/mol. The molecule has 5 nitrogen and oxygen atoms in total. The second kappa shape index (κ2) is 10.7. The van der Waals surface area contributed by atoms with Gasteiger partial charge in [-0.3, -0.25) is 4.79 Å². The van der Waals surface area contributed by atoms with Crippen LogP contribution in [-0.4, -0.2) is 20.7 Å². The highest BCUT2D eigenvalue weighted by Crippen LogP contribution is 2.28.